The average Bonchev–Trinajstić information content (AvgIpc) is 2.83. The van der Waals surface area contributed by atoms with E-state index in [1.165, 1.54) is 11.6 Å². The lowest BCUT2D eigenvalue weighted by molar-refractivity contribution is 0.100. The predicted molar refractivity (Wildman–Crippen MR) is 96.5 cm³/mol. The smallest absolute Gasteiger partial charge is 0.248 e. The molecule has 0 unspecified atom stereocenters. The van der Waals surface area contributed by atoms with Crippen LogP contribution in [0.25, 0.3) is 0 Å². The first-order chi connectivity index (χ1) is 12.1. The van der Waals surface area contributed by atoms with E-state index in [0.29, 0.717) is 12.1 Å². The molecule has 2 aromatic carbocycles. The number of primary amides is 1. The van der Waals surface area contributed by atoms with Crippen LogP contribution < -0.4 is 5.73 Å². The SMILES string of the molecule is NC(=O)c1ccc(CN2CCCN(Cc3ccccc3F)CC2)cc1. The lowest BCUT2D eigenvalue weighted by Crippen LogP contribution is -2.30. The minimum atomic E-state index is -0.398. The Morgan fingerprint density at radius 1 is 0.920 bits per heavy atom. The molecule has 0 aliphatic carbocycles. The fraction of sp³-hybridized carbons (Fsp3) is 0.350. The van der Waals surface area contributed by atoms with E-state index in [0.717, 1.165) is 44.7 Å². The quantitative estimate of drug-likeness (QED) is 0.909. The summed E-state index contributed by atoms with van der Waals surface area (Å²) in [5.41, 5.74) is 7.75. The van der Waals surface area contributed by atoms with Crippen molar-refractivity contribution in [3.8, 4) is 0 Å². The van der Waals surface area contributed by atoms with Gasteiger partial charge in [-0.25, -0.2) is 4.39 Å². The number of rotatable bonds is 5. The fourth-order valence-corrected chi connectivity index (χ4v) is 3.24. The van der Waals surface area contributed by atoms with Gasteiger partial charge in [0.15, 0.2) is 0 Å². The molecule has 1 saturated heterocycles. The van der Waals surface area contributed by atoms with Crippen LogP contribution in [0.4, 0.5) is 4.39 Å². The molecule has 3 rings (SSSR count). The number of nitrogens with zero attached hydrogens (tertiary/aromatic N) is 2. The van der Waals surface area contributed by atoms with E-state index in [4.69, 9.17) is 5.73 Å². The molecule has 2 N–H and O–H groups in total. The molecule has 0 atom stereocenters. The third-order valence-electron chi connectivity index (χ3n) is 4.68. The van der Waals surface area contributed by atoms with E-state index in [-0.39, 0.29) is 5.82 Å². The molecule has 0 spiro atoms. The van der Waals surface area contributed by atoms with Gasteiger partial charge in [0.05, 0.1) is 0 Å². The maximum absolute atomic E-state index is 13.8. The number of nitrogens with two attached hydrogens (primary N) is 1. The molecule has 25 heavy (non-hydrogen) atoms. The summed E-state index contributed by atoms with van der Waals surface area (Å²) in [6.07, 6.45) is 1.06. The zero-order valence-corrected chi connectivity index (χ0v) is 14.3. The second-order valence-corrected chi connectivity index (χ2v) is 6.56. The van der Waals surface area contributed by atoms with Crippen LogP contribution in [0.5, 0.6) is 0 Å². The molecule has 5 heteroatoms. The van der Waals surface area contributed by atoms with Crippen LogP contribution in [0.15, 0.2) is 48.5 Å². The van der Waals surface area contributed by atoms with Gasteiger partial charge in [-0.15, -0.1) is 0 Å². The summed E-state index contributed by atoms with van der Waals surface area (Å²) in [5, 5.41) is 0. The third kappa shape index (κ3) is 4.87. The Balaban J connectivity index is 1.54. The van der Waals surface area contributed by atoms with Crippen molar-refractivity contribution in [3.63, 3.8) is 0 Å². The van der Waals surface area contributed by atoms with Crippen molar-refractivity contribution in [2.24, 2.45) is 5.73 Å². The average molecular weight is 341 g/mol. The summed E-state index contributed by atoms with van der Waals surface area (Å²) < 4.78 is 13.8. The Bertz CT molecular complexity index is 717. The Kier molecular flexibility index (Phi) is 5.79. The first-order valence-electron chi connectivity index (χ1n) is 8.68. The van der Waals surface area contributed by atoms with Crippen molar-refractivity contribution in [3.05, 3.63) is 71.0 Å². The van der Waals surface area contributed by atoms with Crippen LogP contribution >= 0.6 is 0 Å². The zero-order valence-electron chi connectivity index (χ0n) is 14.3. The molecular weight excluding hydrogens is 317 g/mol. The first kappa shape index (κ1) is 17.6. The van der Waals surface area contributed by atoms with Gasteiger partial charge in [-0.2, -0.15) is 0 Å². The van der Waals surface area contributed by atoms with Crippen LogP contribution in [-0.2, 0) is 13.1 Å². The second kappa shape index (κ2) is 8.23. The van der Waals surface area contributed by atoms with E-state index in [9.17, 15) is 9.18 Å². The molecule has 0 radical (unpaired) electrons. The van der Waals surface area contributed by atoms with Gasteiger partial charge in [0.1, 0.15) is 5.82 Å². The van der Waals surface area contributed by atoms with Gasteiger partial charge < -0.3 is 5.73 Å². The molecule has 0 aromatic heterocycles. The highest BCUT2D eigenvalue weighted by Crippen LogP contribution is 2.14. The number of hydrogen-bond donors (Lipinski definition) is 1. The van der Waals surface area contributed by atoms with Crippen LogP contribution in [0.2, 0.25) is 0 Å². The van der Waals surface area contributed by atoms with Crippen LogP contribution in [-0.4, -0.2) is 41.9 Å². The highest BCUT2D eigenvalue weighted by Gasteiger charge is 2.16. The highest BCUT2D eigenvalue weighted by atomic mass is 19.1. The molecule has 4 nitrogen and oxygen atoms in total. The van der Waals surface area contributed by atoms with Gasteiger partial charge in [-0.05, 0) is 43.3 Å². The fourth-order valence-electron chi connectivity index (χ4n) is 3.24. The molecule has 2 aromatic rings. The summed E-state index contributed by atoms with van der Waals surface area (Å²) in [4.78, 5) is 15.9. The summed E-state index contributed by atoms with van der Waals surface area (Å²) in [7, 11) is 0. The largest absolute Gasteiger partial charge is 0.366 e. The van der Waals surface area contributed by atoms with E-state index in [1.54, 1.807) is 18.2 Å². The standard InChI is InChI=1S/C20H24FN3O/c21-19-5-2-1-4-18(19)15-24-11-3-10-23(12-13-24)14-16-6-8-17(9-7-16)20(22)25/h1-2,4-9H,3,10-15H2,(H2,22,25). The molecule has 132 valence electrons. The van der Waals surface area contributed by atoms with E-state index >= 15 is 0 Å². The van der Waals surface area contributed by atoms with Crippen molar-refractivity contribution in [1.29, 1.82) is 0 Å². The maximum Gasteiger partial charge on any atom is 0.248 e. The van der Waals surface area contributed by atoms with Crippen molar-refractivity contribution in [1.82, 2.24) is 9.80 Å². The van der Waals surface area contributed by atoms with Gasteiger partial charge in [-0.3, -0.25) is 14.6 Å². The zero-order chi connectivity index (χ0) is 17.6. The number of amides is 1. The van der Waals surface area contributed by atoms with Crippen LogP contribution in [0, 0.1) is 5.82 Å². The Labute approximate surface area is 148 Å². The van der Waals surface area contributed by atoms with Crippen molar-refractivity contribution >= 4 is 5.91 Å². The topological polar surface area (TPSA) is 49.6 Å². The summed E-state index contributed by atoms with van der Waals surface area (Å²) >= 11 is 0. The van der Waals surface area contributed by atoms with Crippen LogP contribution in [0.1, 0.15) is 27.9 Å². The minimum Gasteiger partial charge on any atom is -0.366 e. The van der Waals surface area contributed by atoms with Gasteiger partial charge in [0.2, 0.25) is 5.91 Å². The third-order valence-corrected chi connectivity index (χ3v) is 4.68. The van der Waals surface area contributed by atoms with Crippen molar-refractivity contribution in [2.45, 2.75) is 19.5 Å². The summed E-state index contributed by atoms with van der Waals surface area (Å²) in [5.74, 6) is -0.525. The maximum atomic E-state index is 13.8. The molecule has 1 fully saturated rings. The van der Waals surface area contributed by atoms with Gasteiger partial charge in [0, 0.05) is 37.3 Å². The molecule has 1 heterocycles. The Morgan fingerprint density at radius 2 is 1.56 bits per heavy atom. The molecular formula is C20H24FN3O. The monoisotopic (exact) mass is 341 g/mol. The van der Waals surface area contributed by atoms with Gasteiger partial charge in [-0.1, -0.05) is 30.3 Å². The molecule has 1 aliphatic rings. The number of carbonyl (C=O) groups excluding carboxylic acids is 1. The normalized spacial score (nSPS) is 16.5. The van der Waals surface area contributed by atoms with Crippen LogP contribution in [0.3, 0.4) is 0 Å². The van der Waals surface area contributed by atoms with Gasteiger partial charge >= 0.3 is 0 Å². The first-order valence-corrected chi connectivity index (χ1v) is 8.68. The lowest BCUT2D eigenvalue weighted by Gasteiger charge is -2.22. The summed E-state index contributed by atoms with van der Waals surface area (Å²) in [6, 6.07) is 14.5. The second-order valence-electron chi connectivity index (χ2n) is 6.56. The molecule has 1 aliphatic heterocycles. The summed E-state index contributed by atoms with van der Waals surface area (Å²) in [6.45, 7) is 5.39. The van der Waals surface area contributed by atoms with Gasteiger partial charge in [0.25, 0.3) is 0 Å². The predicted octanol–water partition coefficient (Wildman–Crippen LogP) is 2.63. The minimum absolute atomic E-state index is 0.127. The van der Waals surface area contributed by atoms with E-state index in [1.807, 2.05) is 24.3 Å². The number of carbonyl (C=O) groups is 1. The number of hydrogen-bond acceptors (Lipinski definition) is 3. The highest BCUT2D eigenvalue weighted by molar-refractivity contribution is 5.92. The Morgan fingerprint density at radius 3 is 2.20 bits per heavy atom. The number of halogens is 1. The molecule has 0 bridgehead atoms. The van der Waals surface area contributed by atoms with E-state index < -0.39 is 5.91 Å². The van der Waals surface area contributed by atoms with Crippen molar-refractivity contribution in [2.75, 3.05) is 26.2 Å². The Hall–Kier alpha value is -2.24. The van der Waals surface area contributed by atoms with E-state index in [2.05, 4.69) is 9.80 Å². The molecule has 0 saturated carbocycles. The number of benzene rings is 2. The van der Waals surface area contributed by atoms with Crippen molar-refractivity contribution < 1.29 is 9.18 Å². The molecule has 1 amide bonds. The lowest BCUT2D eigenvalue weighted by atomic mass is 10.1.